The Morgan fingerprint density at radius 3 is 2.07 bits per heavy atom. The standard InChI is InChI=1S/C19H29N3O5S/c1-16(23)17-2-4-19(5-3-17)28(25,26)22-8-6-20(7-9-22)14-18(24)15-21-10-12-27-13-11-21/h2-5,18,24H,6-15H2,1H3/t18-/m1/s1. The molecule has 0 radical (unpaired) electrons. The van der Waals surface area contributed by atoms with Gasteiger partial charge < -0.3 is 9.84 Å². The van der Waals surface area contributed by atoms with Crippen molar-refractivity contribution in [2.45, 2.75) is 17.9 Å². The molecule has 2 saturated heterocycles. The molecule has 0 unspecified atom stereocenters. The minimum absolute atomic E-state index is 0.0896. The Kier molecular flexibility index (Phi) is 7.19. The molecule has 0 aliphatic carbocycles. The van der Waals surface area contributed by atoms with Crippen LogP contribution in [0.3, 0.4) is 0 Å². The molecule has 8 nitrogen and oxygen atoms in total. The Morgan fingerprint density at radius 2 is 1.54 bits per heavy atom. The first kappa shape index (κ1) is 21.4. The first-order chi connectivity index (χ1) is 13.4. The van der Waals surface area contributed by atoms with E-state index in [4.69, 9.17) is 4.74 Å². The topological polar surface area (TPSA) is 90.4 Å². The summed E-state index contributed by atoms with van der Waals surface area (Å²) in [5.41, 5.74) is 0.498. The van der Waals surface area contributed by atoms with E-state index in [2.05, 4.69) is 9.80 Å². The fraction of sp³-hybridized carbons (Fsp3) is 0.632. The number of nitrogens with zero attached hydrogens (tertiary/aromatic N) is 3. The van der Waals surface area contributed by atoms with Crippen molar-refractivity contribution in [1.29, 1.82) is 0 Å². The molecule has 1 N–H and O–H groups in total. The number of aliphatic hydroxyl groups is 1. The largest absolute Gasteiger partial charge is 0.390 e. The molecule has 28 heavy (non-hydrogen) atoms. The fourth-order valence-electron chi connectivity index (χ4n) is 3.60. The number of ketones is 1. The van der Waals surface area contributed by atoms with Crippen LogP contribution in [0.2, 0.25) is 0 Å². The lowest BCUT2D eigenvalue weighted by molar-refractivity contribution is 0.00469. The summed E-state index contributed by atoms with van der Waals surface area (Å²) in [6.07, 6.45) is -0.458. The molecule has 0 bridgehead atoms. The van der Waals surface area contributed by atoms with Crippen molar-refractivity contribution < 1.29 is 23.1 Å². The summed E-state index contributed by atoms with van der Waals surface area (Å²) in [6.45, 7) is 7.65. The number of aliphatic hydroxyl groups excluding tert-OH is 1. The van der Waals surface area contributed by atoms with Gasteiger partial charge in [0, 0.05) is 57.9 Å². The van der Waals surface area contributed by atoms with Crippen LogP contribution in [-0.4, -0.2) is 105 Å². The van der Waals surface area contributed by atoms with Crippen molar-refractivity contribution in [2.75, 3.05) is 65.6 Å². The highest BCUT2D eigenvalue weighted by Crippen LogP contribution is 2.18. The van der Waals surface area contributed by atoms with Gasteiger partial charge in [-0.2, -0.15) is 4.31 Å². The zero-order chi connectivity index (χ0) is 20.1. The number of β-amino-alcohol motifs (C(OH)–C–C–N with tert-alkyl or cyclic N) is 1. The summed E-state index contributed by atoms with van der Waals surface area (Å²) in [4.78, 5) is 15.9. The predicted molar refractivity (Wildman–Crippen MR) is 105 cm³/mol. The Labute approximate surface area is 166 Å². The minimum Gasteiger partial charge on any atom is -0.390 e. The molecule has 156 valence electrons. The molecule has 1 aromatic rings. The number of piperazine rings is 1. The average Bonchev–Trinajstić information content (AvgIpc) is 2.69. The van der Waals surface area contributed by atoms with E-state index in [-0.39, 0.29) is 10.7 Å². The smallest absolute Gasteiger partial charge is 0.243 e. The zero-order valence-electron chi connectivity index (χ0n) is 16.3. The molecular formula is C19H29N3O5S. The highest BCUT2D eigenvalue weighted by atomic mass is 32.2. The molecule has 0 amide bonds. The van der Waals surface area contributed by atoms with E-state index in [0.717, 1.165) is 13.1 Å². The molecule has 0 saturated carbocycles. The second kappa shape index (κ2) is 9.43. The molecule has 9 heteroatoms. The summed E-state index contributed by atoms with van der Waals surface area (Å²) in [5.74, 6) is -0.0896. The van der Waals surface area contributed by atoms with E-state index in [1.807, 2.05) is 0 Å². The third-order valence-electron chi connectivity index (χ3n) is 5.27. The Morgan fingerprint density at radius 1 is 1.00 bits per heavy atom. The van der Waals surface area contributed by atoms with Gasteiger partial charge in [-0.1, -0.05) is 12.1 Å². The van der Waals surface area contributed by atoms with Crippen LogP contribution in [0.25, 0.3) is 0 Å². The van der Waals surface area contributed by atoms with Gasteiger partial charge in [-0.3, -0.25) is 14.6 Å². The number of ether oxygens (including phenoxy) is 1. The third kappa shape index (κ3) is 5.37. The summed E-state index contributed by atoms with van der Waals surface area (Å²) >= 11 is 0. The third-order valence-corrected chi connectivity index (χ3v) is 7.18. The van der Waals surface area contributed by atoms with Gasteiger partial charge in [-0.15, -0.1) is 0 Å². The zero-order valence-corrected chi connectivity index (χ0v) is 17.1. The second-order valence-electron chi connectivity index (χ2n) is 7.35. The minimum atomic E-state index is -3.57. The van der Waals surface area contributed by atoms with Crippen molar-refractivity contribution in [2.24, 2.45) is 0 Å². The number of hydrogen-bond acceptors (Lipinski definition) is 7. The summed E-state index contributed by atoms with van der Waals surface area (Å²) in [6, 6.07) is 6.08. The molecule has 2 aliphatic rings. The van der Waals surface area contributed by atoms with Gasteiger partial charge in [-0.25, -0.2) is 8.42 Å². The number of rotatable bonds is 7. The quantitative estimate of drug-likeness (QED) is 0.626. The van der Waals surface area contributed by atoms with Crippen LogP contribution >= 0.6 is 0 Å². The monoisotopic (exact) mass is 411 g/mol. The lowest BCUT2D eigenvalue weighted by atomic mass is 10.2. The lowest BCUT2D eigenvalue weighted by Crippen LogP contribution is -2.52. The second-order valence-corrected chi connectivity index (χ2v) is 9.29. The normalized spacial score (nSPS) is 21.5. The Hall–Kier alpha value is -1.36. The lowest BCUT2D eigenvalue weighted by Gasteiger charge is -2.36. The van der Waals surface area contributed by atoms with Crippen LogP contribution in [0.4, 0.5) is 0 Å². The maximum absolute atomic E-state index is 12.8. The van der Waals surface area contributed by atoms with Gasteiger partial charge in [-0.05, 0) is 19.1 Å². The van der Waals surface area contributed by atoms with Gasteiger partial charge in [0.1, 0.15) is 0 Å². The molecule has 3 rings (SSSR count). The molecule has 2 aliphatic heterocycles. The summed E-state index contributed by atoms with van der Waals surface area (Å²) in [5, 5.41) is 10.3. The van der Waals surface area contributed by atoms with Crippen LogP contribution in [0, 0.1) is 0 Å². The van der Waals surface area contributed by atoms with E-state index >= 15 is 0 Å². The first-order valence-electron chi connectivity index (χ1n) is 9.68. The number of hydrogen-bond donors (Lipinski definition) is 1. The van der Waals surface area contributed by atoms with Gasteiger partial charge in [0.15, 0.2) is 5.78 Å². The van der Waals surface area contributed by atoms with E-state index < -0.39 is 16.1 Å². The van der Waals surface area contributed by atoms with Crippen molar-refractivity contribution >= 4 is 15.8 Å². The van der Waals surface area contributed by atoms with Crippen molar-refractivity contribution in [1.82, 2.24) is 14.1 Å². The van der Waals surface area contributed by atoms with Crippen LogP contribution in [0.15, 0.2) is 29.2 Å². The molecular weight excluding hydrogens is 382 g/mol. The van der Waals surface area contributed by atoms with E-state index in [0.29, 0.717) is 58.0 Å². The van der Waals surface area contributed by atoms with Crippen LogP contribution in [0.1, 0.15) is 17.3 Å². The van der Waals surface area contributed by atoms with Crippen molar-refractivity contribution in [3.63, 3.8) is 0 Å². The highest BCUT2D eigenvalue weighted by molar-refractivity contribution is 7.89. The van der Waals surface area contributed by atoms with Gasteiger partial charge in [0.2, 0.25) is 10.0 Å². The van der Waals surface area contributed by atoms with Gasteiger partial charge in [0.25, 0.3) is 0 Å². The maximum Gasteiger partial charge on any atom is 0.243 e. The first-order valence-corrected chi connectivity index (χ1v) is 11.1. The van der Waals surface area contributed by atoms with Crippen LogP contribution in [-0.2, 0) is 14.8 Å². The highest BCUT2D eigenvalue weighted by Gasteiger charge is 2.29. The van der Waals surface area contributed by atoms with Crippen molar-refractivity contribution in [3.05, 3.63) is 29.8 Å². The van der Waals surface area contributed by atoms with Crippen molar-refractivity contribution in [3.8, 4) is 0 Å². The number of morpholine rings is 1. The van der Waals surface area contributed by atoms with E-state index in [1.165, 1.54) is 23.4 Å². The van der Waals surface area contributed by atoms with E-state index in [9.17, 15) is 18.3 Å². The van der Waals surface area contributed by atoms with Crippen LogP contribution < -0.4 is 0 Å². The SMILES string of the molecule is CC(=O)c1ccc(S(=O)(=O)N2CCN(C[C@@H](O)CN3CCOCC3)CC2)cc1. The van der Waals surface area contributed by atoms with Gasteiger partial charge >= 0.3 is 0 Å². The molecule has 2 fully saturated rings. The molecule has 2 heterocycles. The number of carbonyl (C=O) groups is 1. The average molecular weight is 412 g/mol. The Bertz CT molecular complexity index is 754. The molecule has 1 atom stereocenters. The number of carbonyl (C=O) groups excluding carboxylic acids is 1. The molecule has 1 aromatic carbocycles. The number of Topliss-reactive ketones (excluding diaryl/α,β-unsaturated/α-hetero) is 1. The summed E-state index contributed by atoms with van der Waals surface area (Å²) < 4.78 is 32.4. The van der Waals surface area contributed by atoms with Gasteiger partial charge in [0.05, 0.1) is 24.2 Å². The summed E-state index contributed by atoms with van der Waals surface area (Å²) in [7, 11) is -3.57. The molecule has 0 aromatic heterocycles. The Balaban J connectivity index is 1.50. The maximum atomic E-state index is 12.8. The van der Waals surface area contributed by atoms with E-state index in [1.54, 1.807) is 12.1 Å². The number of sulfonamides is 1. The fourth-order valence-corrected chi connectivity index (χ4v) is 5.02. The predicted octanol–water partition coefficient (Wildman–Crippen LogP) is -0.111. The molecule has 0 spiro atoms. The number of benzene rings is 1. The van der Waals surface area contributed by atoms with Crippen LogP contribution in [0.5, 0.6) is 0 Å².